The van der Waals surface area contributed by atoms with Gasteiger partial charge in [-0.15, -0.1) is 5.10 Å². The first-order chi connectivity index (χ1) is 14.6. The van der Waals surface area contributed by atoms with Gasteiger partial charge < -0.3 is 14.8 Å². The number of pyridine rings is 1. The average molecular weight is 401 g/mol. The fourth-order valence-electron chi connectivity index (χ4n) is 2.82. The van der Waals surface area contributed by atoms with E-state index in [9.17, 15) is 4.79 Å². The van der Waals surface area contributed by atoms with E-state index in [1.807, 2.05) is 54.6 Å². The van der Waals surface area contributed by atoms with Crippen molar-refractivity contribution in [2.45, 2.75) is 6.92 Å². The average Bonchev–Trinajstić information content (AvgIpc) is 3.17. The molecule has 4 rings (SSSR count). The van der Waals surface area contributed by atoms with Gasteiger partial charge in [0.2, 0.25) is 0 Å². The Bertz CT molecular complexity index is 1140. The molecular formula is C22H19N5O3. The molecule has 2 aromatic heterocycles. The number of methoxy groups -OCH3 is 1. The number of benzene rings is 2. The minimum Gasteiger partial charge on any atom is -0.497 e. The molecule has 0 saturated carbocycles. The first-order valence-corrected chi connectivity index (χ1v) is 9.21. The maximum Gasteiger partial charge on any atom is 0.279 e. The van der Waals surface area contributed by atoms with E-state index >= 15 is 0 Å². The number of carbonyl (C=O) groups excluding carboxylic acids is 1. The van der Waals surface area contributed by atoms with Crippen molar-refractivity contribution >= 4 is 11.7 Å². The number of hydrogen-bond acceptors (Lipinski definition) is 6. The van der Waals surface area contributed by atoms with E-state index in [0.717, 1.165) is 11.4 Å². The molecule has 0 fully saturated rings. The molecule has 0 spiro atoms. The zero-order valence-corrected chi connectivity index (χ0v) is 16.4. The Morgan fingerprint density at radius 2 is 1.67 bits per heavy atom. The minimum absolute atomic E-state index is 0.220. The summed E-state index contributed by atoms with van der Waals surface area (Å²) in [5.74, 6) is 2.01. The van der Waals surface area contributed by atoms with Crippen molar-refractivity contribution < 1.29 is 14.3 Å². The summed E-state index contributed by atoms with van der Waals surface area (Å²) in [7, 11) is 1.60. The van der Waals surface area contributed by atoms with Crippen molar-refractivity contribution in [3.05, 3.63) is 84.3 Å². The molecule has 0 bridgehead atoms. The zero-order chi connectivity index (χ0) is 20.9. The SMILES string of the molecule is COc1ccc(-n2nnc(C(=O)Nc3ccc(Oc4ccccc4)cn3)c2C)cc1. The molecule has 30 heavy (non-hydrogen) atoms. The first kappa shape index (κ1) is 19.1. The molecule has 2 heterocycles. The normalized spacial score (nSPS) is 10.5. The summed E-state index contributed by atoms with van der Waals surface area (Å²) in [5, 5.41) is 10.8. The van der Waals surface area contributed by atoms with Crippen molar-refractivity contribution in [1.82, 2.24) is 20.0 Å². The van der Waals surface area contributed by atoms with E-state index in [2.05, 4.69) is 20.6 Å². The van der Waals surface area contributed by atoms with Crippen LogP contribution in [0.25, 0.3) is 5.69 Å². The third-order valence-corrected chi connectivity index (χ3v) is 4.38. The van der Waals surface area contributed by atoms with Crippen molar-refractivity contribution in [3.8, 4) is 22.9 Å². The van der Waals surface area contributed by atoms with Crippen LogP contribution in [0.4, 0.5) is 5.82 Å². The third kappa shape index (κ3) is 4.12. The number of aromatic nitrogens is 4. The Labute approximate surface area is 173 Å². The van der Waals surface area contributed by atoms with Crippen LogP contribution in [0.3, 0.4) is 0 Å². The van der Waals surface area contributed by atoms with E-state index in [1.165, 1.54) is 0 Å². The topological polar surface area (TPSA) is 91.2 Å². The van der Waals surface area contributed by atoms with Crippen LogP contribution < -0.4 is 14.8 Å². The molecule has 1 amide bonds. The molecule has 0 unspecified atom stereocenters. The Hall–Kier alpha value is -4.20. The van der Waals surface area contributed by atoms with Gasteiger partial charge in [0.25, 0.3) is 5.91 Å². The fraction of sp³-hybridized carbons (Fsp3) is 0.0909. The maximum atomic E-state index is 12.6. The summed E-state index contributed by atoms with van der Waals surface area (Å²) in [5.41, 5.74) is 1.61. The highest BCUT2D eigenvalue weighted by molar-refractivity contribution is 6.03. The number of para-hydroxylation sites is 1. The van der Waals surface area contributed by atoms with Crippen LogP contribution in [0, 0.1) is 6.92 Å². The molecule has 8 heteroatoms. The minimum atomic E-state index is -0.392. The number of anilines is 1. The van der Waals surface area contributed by atoms with Gasteiger partial charge in [0.1, 0.15) is 23.1 Å². The van der Waals surface area contributed by atoms with Gasteiger partial charge in [-0.3, -0.25) is 4.79 Å². The van der Waals surface area contributed by atoms with Crippen LogP contribution in [0.1, 0.15) is 16.2 Å². The highest BCUT2D eigenvalue weighted by Gasteiger charge is 2.18. The van der Waals surface area contributed by atoms with Crippen LogP contribution in [-0.2, 0) is 0 Å². The van der Waals surface area contributed by atoms with Crippen LogP contribution in [0.15, 0.2) is 72.9 Å². The van der Waals surface area contributed by atoms with Crippen LogP contribution in [0.2, 0.25) is 0 Å². The standard InChI is InChI=1S/C22H19N5O3/c1-15-21(25-26-27(15)16-8-10-17(29-2)11-9-16)22(28)24-20-13-12-19(14-23-20)30-18-6-4-3-5-7-18/h3-14H,1-2H3,(H,23,24,28). The van der Waals surface area contributed by atoms with Crippen molar-refractivity contribution in [2.24, 2.45) is 0 Å². The number of nitrogens with one attached hydrogen (secondary N) is 1. The lowest BCUT2D eigenvalue weighted by Gasteiger charge is -2.07. The summed E-state index contributed by atoms with van der Waals surface area (Å²) < 4.78 is 12.5. The summed E-state index contributed by atoms with van der Waals surface area (Å²) in [4.78, 5) is 16.9. The van der Waals surface area contributed by atoms with Gasteiger partial charge in [0.05, 0.1) is 24.7 Å². The van der Waals surface area contributed by atoms with E-state index < -0.39 is 5.91 Å². The number of rotatable bonds is 6. The number of nitrogens with zero attached hydrogens (tertiary/aromatic N) is 4. The lowest BCUT2D eigenvalue weighted by Crippen LogP contribution is -2.15. The van der Waals surface area contributed by atoms with Gasteiger partial charge in [-0.05, 0) is 55.5 Å². The molecule has 150 valence electrons. The Kier molecular flexibility index (Phi) is 5.38. The van der Waals surface area contributed by atoms with E-state index in [4.69, 9.17) is 9.47 Å². The van der Waals surface area contributed by atoms with Gasteiger partial charge in [-0.2, -0.15) is 0 Å². The monoisotopic (exact) mass is 401 g/mol. The summed E-state index contributed by atoms with van der Waals surface area (Å²) in [6.07, 6.45) is 1.55. The number of hydrogen-bond donors (Lipinski definition) is 1. The summed E-state index contributed by atoms with van der Waals surface area (Å²) in [6, 6.07) is 20.1. The van der Waals surface area contributed by atoms with Gasteiger partial charge in [-0.1, -0.05) is 23.4 Å². The largest absolute Gasteiger partial charge is 0.497 e. The molecule has 0 aliphatic rings. The highest BCUT2D eigenvalue weighted by Crippen LogP contribution is 2.21. The van der Waals surface area contributed by atoms with E-state index in [-0.39, 0.29) is 5.69 Å². The Balaban J connectivity index is 1.45. The van der Waals surface area contributed by atoms with Crippen LogP contribution >= 0.6 is 0 Å². The molecule has 8 nitrogen and oxygen atoms in total. The second kappa shape index (κ2) is 8.44. The van der Waals surface area contributed by atoms with E-state index in [0.29, 0.717) is 23.0 Å². The van der Waals surface area contributed by atoms with Crippen LogP contribution in [-0.4, -0.2) is 33.0 Å². The second-order valence-electron chi connectivity index (χ2n) is 6.38. The molecular weight excluding hydrogens is 382 g/mol. The number of amides is 1. The van der Waals surface area contributed by atoms with Gasteiger partial charge in [0.15, 0.2) is 5.69 Å². The summed E-state index contributed by atoms with van der Waals surface area (Å²) >= 11 is 0. The Morgan fingerprint density at radius 1 is 0.933 bits per heavy atom. The maximum absolute atomic E-state index is 12.6. The molecule has 0 aliphatic heterocycles. The fourth-order valence-corrected chi connectivity index (χ4v) is 2.82. The molecule has 4 aromatic rings. The number of ether oxygens (including phenoxy) is 2. The zero-order valence-electron chi connectivity index (χ0n) is 16.4. The molecule has 0 atom stereocenters. The van der Waals surface area contributed by atoms with Crippen molar-refractivity contribution in [3.63, 3.8) is 0 Å². The Morgan fingerprint density at radius 3 is 2.33 bits per heavy atom. The van der Waals surface area contributed by atoms with Crippen LogP contribution in [0.5, 0.6) is 17.2 Å². The predicted octanol–water partition coefficient (Wildman–Crippen LogP) is 4.02. The summed E-state index contributed by atoms with van der Waals surface area (Å²) in [6.45, 7) is 1.78. The smallest absolute Gasteiger partial charge is 0.279 e. The molecule has 2 aromatic carbocycles. The molecule has 0 radical (unpaired) electrons. The van der Waals surface area contributed by atoms with Crippen molar-refractivity contribution in [1.29, 1.82) is 0 Å². The third-order valence-electron chi connectivity index (χ3n) is 4.38. The highest BCUT2D eigenvalue weighted by atomic mass is 16.5. The number of carbonyl (C=O) groups is 1. The first-order valence-electron chi connectivity index (χ1n) is 9.21. The van der Waals surface area contributed by atoms with Crippen molar-refractivity contribution in [2.75, 3.05) is 12.4 Å². The quantitative estimate of drug-likeness (QED) is 0.525. The lowest BCUT2D eigenvalue weighted by molar-refractivity contribution is 0.102. The van der Waals surface area contributed by atoms with Gasteiger partial charge in [0, 0.05) is 0 Å². The van der Waals surface area contributed by atoms with E-state index in [1.54, 1.807) is 37.0 Å². The van der Waals surface area contributed by atoms with Gasteiger partial charge in [-0.25, -0.2) is 9.67 Å². The molecule has 0 saturated heterocycles. The second-order valence-corrected chi connectivity index (χ2v) is 6.38. The predicted molar refractivity (Wildman–Crippen MR) is 111 cm³/mol. The lowest BCUT2D eigenvalue weighted by atomic mass is 10.2. The van der Waals surface area contributed by atoms with Gasteiger partial charge >= 0.3 is 0 Å². The molecule has 1 N–H and O–H groups in total. The molecule has 0 aliphatic carbocycles.